The van der Waals surface area contributed by atoms with Gasteiger partial charge in [0, 0.05) is 12.0 Å². The number of rotatable bonds is 34. The Labute approximate surface area is 498 Å². The number of hydrogen-bond acceptors (Lipinski definition) is 13. The molecule has 0 aliphatic carbocycles. The highest BCUT2D eigenvalue weighted by atomic mass is 16.8. The molecule has 2 heterocycles. The third-order valence-electron chi connectivity index (χ3n) is 16.0. The molecule has 6 aromatic rings. The molecule has 0 aromatic heterocycles. The fraction of sp³-hybridized carbons (Fsp3) is 0.465. The van der Waals surface area contributed by atoms with Crippen LogP contribution in [0.1, 0.15) is 142 Å². The molecule has 10 atom stereocenters. The molecule has 84 heavy (non-hydrogen) atoms. The highest BCUT2D eigenvalue weighted by Gasteiger charge is 2.52. The Morgan fingerprint density at radius 1 is 0.417 bits per heavy atom. The first-order chi connectivity index (χ1) is 41.2. The van der Waals surface area contributed by atoms with Gasteiger partial charge in [0.1, 0.15) is 67.0 Å². The molecule has 0 N–H and O–H groups in total. The third kappa shape index (κ3) is 19.5. The minimum Gasteiger partial charge on any atom is -0.494 e. The molecule has 0 radical (unpaired) electrons. The summed E-state index contributed by atoms with van der Waals surface area (Å²) in [5.74, 6) is 0.435. The van der Waals surface area contributed by atoms with Crippen LogP contribution in [-0.4, -0.2) is 81.5 Å². The van der Waals surface area contributed by atoms with Crippen LogP contribution in [0.25, 0.3) is 0 Å². The van der Waals surface area contributed by atoms with E-state index in [1.165, 1.54) is 25.7 Å². The van der Waals surface area contributed by atoms with Gasteiger partial charge >= 0.3 is 11.9 Å². The predicted octanol–water partition coefficient (Wildman–Crippen LogP) is 15.1. The van der Waals surface area contributed by atoms with Crippen molar-refractivity contribution in [2.45, 2.75) is 168 Å². The van der Waals surface area contributed by atoms with Gasteiger partial charge in [-0.2, -0.15) is 0 Å². The highest BCUT2D eigenvalue weighted by molar-refractivity contribution is 5.93. The monoisotopic (exact) mass is 1150 g/mol. The minimum atomic E-state index is -1.15. The van der Waals surface area contributed by atoms with Crippen molar-refractivity contribution >= 4 is 11.9 Å². The lowest BCUT2D eigenvalue weighted by molar-refractivity contribution is -0.374. The summed E-state index contributed by atoms with van der Waals surface area (Å²) >= 11 is 0. The Morgan fingerprint density at radius 2 is 0.881 bits per heavy atom. The summed E-state index contributed by atoms with van der Waals surface area (Å²) in [7, 11) is 0. The summed E-state index contributed by atoms with van der Waals surface area (Å²) in [6.07, 6.45) is 5.14. The van der Waals surface area contributed by atoms with E-state index in [0.29, 0.717) is 36.0 Å². The molecule has 13 nitrogen and oxygen atoms in total. The summed E-state index contributed by atoms with van der Waals surface area (Å²) in [6, 6.07) is 51.7. The summed E-state index contributed by atoms with van der Waals surface area (Å²) in [6.45, 7) is 12.5. The maximum atomic E-state index is 14.6. The van der Waals surface area contributed by atoms with Gasteiger partial charge in [0.05, 0.1) is 44.7 Å². The van der Waals surface area contributed by atoms with Gasteiger partial charge in [-0.15, -0.1) is 0 Å². The highest BCUT2D eigenvalue weighted by Crippen LogP contribution is 2.40. The maximum absolute atomic E-state index is 14.6. The first-order valence-electron chi connectivity index (χ1n) is 30.6. The quantitative estimate of drug-likeness (QED) is 0.0280. The molecular formula is C71H88O13. The summed E-state index contributed by atoms with van der Waals surface area (Å²) < 4.78 is 72.8. The molecule has 0 amide bonds. The molecule has 0 spiro atoms. The zero-order chi connectivity index (χ0) is 58.7. The second kappa shape index (κ2) is 34.4. The van der Waals surface area contributed by atoms with Crippen molar-refractivity contribution in [3.63, 3.8) is 0 Å². The number of benzene rings is 6. The lowest BCUT2D eigenvalue weighted by atomic mass is 9.79. The molecule has 8 rings (SSSR count). The van der Waals surface area contributed by atoms with Crippen molar-refractivity contribution in [3.05, 3.63) is 197 Å². The summed E-state index contributed by atoms with van der Waals surface area (Å²) in [5.41, 5.74) is 4.36. The predicted molar refractivity (Wildman–Crippen MR) is 324 cm³/mol. The van der Waals surface area contributed by atoms with Gasteiger partial charge in [0.2, 0.25) is 0 Å². The Balaban J connectivity index is 1.06. The van der Waals surface area contributed by atoms with E-state index in [2.05, 4.69) is 34.6 Å². The molecule has 2 aliphatic rings. The van der Waals surface area contributed by atoms with Crippen LogP contribution >= 0.6 is 0 Å². The molecule has 0 bridgehead atoms. The van der Waals surface area contributed by atoms with Gasteiger partial charge in [0.15, 0.2) is 12.6 Å². The van der Waals surface area contributed by atoms with Crippen LogP contribution in [0.3, 0.4) is 0 Å². The SMILES string of the molecule is CCCCCCCOc1ccc(C(=O)OCC2O[C@H](O[C@H]3OC(COC(=O)c4ccc(OCCCCCCC)cc4OCc4ccccc4)[C@@H](OCc4ccccc4)[C@H](OCc4ccccc4)C3OCc3ccccc3)C(C)[C@@H](C)[C@@H]2C)cc1. The second-order valence-corrected chi connectivity index (χ2v) is 22.3. The van der Waals surface area contributed by atoms with Crippen LogP contribution in [0.15, 0.2) is 164 Å². The lowest BCUT2D eigenvalue weighted by Crippen LogP contribution is -2.63. The van der Waals surface area contributed by atoms with Crippen LogP contribution in [0.5, 0.6) is 17.2 Å². The number of carbonyl (C=O) groups is 2. The number of unbranched alkanes of at least 4 members (excludes halogenated alkanes) is 8. The van der Waals surface area contributed by atoms with Gasteiger partial charge in [-0.3, -0.25) is 0 Å². The summed E-state index contributed by atoms with van der Waals surface area (Å²) in [4.78, 5) is 28.2. The van der Waals surface area contributed by atoms with Crippen molar-refractivity contribution in [2.24, 2.45) is 17.8 Å². The van der Waals surface area contributed by atoms with E-state index in [-0.39, 0.29) is 63.0 Å². The van der Waals surface area contributed by atoms with E-state index >= 15 is 0 Å². The summed E-state index contributed by atoms with van der Waals surface area (Å²) in [5, 5.41) is 0. The number of carbonyl (C=O) groups excluding carboxylic acids is 2. The molecule has 2 fully saturated rings. The average molecular weight is 1150 g/mol. The Morgan fingerprint density at radius 3 is 1.44 bits per heavy atom. The first-order valence-corrected chi connectivity index (χ1v) is 30.6. The number of esters is 2. The molecule has 2 saturated heterocycles. The van der Waals surface area contributed by atoms with Gasteiger partial charge in [-0.05, 0) is 83.3 Å². The van der Waals surface area contributed by atoms with Crippen LogP contribution < -0.4 is 14.2 Å². The van der Waals surface area contributed by atoms with Gasteiger partial charge in [0.25, 0.3) is 0 Å². The normalized spacial score (nSPS) is 22.2. The molecule has 450 valence electrons. The van der Waals surface area contributed by atoms with Crippen molar-refractivity contribution in [3.8, 4) is 17.2 Å². The third-order valence-corrected chi connectivity index (χ3v) is 16.0. The standard InChI is InChI=1S/C71H88O13/c1-6-8-10-12-26-42-74-59-38-36-58(37-39-59)68(72)80-49-63-52(4)51(3)53(5)70(82-63)84-71-67(79-48-57-34-24-17-25-35-57)66(78-47-56-32-22-16-23-33-56)65(77-46-55-30-20-15-21-31-55)64(83-71)50-81-69(73)61-41-40-60(75-43-27-13-11-9-7-2)44-62(61)76-45-54-28-18-14-19-29-54/h14-25,28-41,44,51-53,63-67,70-71H,6-13,26-27,42-43,45-50H2,1-5H3/t51-,52-,53?,63?,64?,65+,66-,67?,70+,71+/m0/s1. The van der Waals surface area contributed by atoms with E-state index in [1.54, 1.807) is 30.3 Å². The van der Waals surface area contributed by atoms with E-state index in [1.807, 2.05) is 133 Å². The maximum Gasteiger partial charge on any atom is 0.342 e. The second-order valence-electron chi connectivity index (χ2n) is 22.3. The minimum absolute atomic E-state index is 0.00756. The lowest BCUT2D eigenvalue weighted by Gasteiger charge is -2.49. The smallest absolute Gasteiger partial charge is 0.342 e. The van der Waals surface area contributed by atoms with Crippen molar-refractivity contribution in [1.82, 2.24) is 0 Å². The van der Waals surface area contributed by atoms with E-state index in [9.17, 15) is 9.59 Å². The number of ether oxygens (including phenoxy) is 11. The van der Waals surface area contributed by atoms with Crippen LogP contribution in [-0.2, 0) is 64.3 Å². The van der Waals surface area contributed by atoms with Crippen molar-refractivity contribution in [1.29, 1.82) is 0 Å². The van der Waals surface area contributed by atoms with Crippen LogP contribution in [0, 0.1) is 17.8 Å². The van der Waals surface area contributed by atoms with Gasteiger partial charge < -0.3 is 52.1 Å². The van der Waals surface area contributed by atoms with Crippen LogP contribution in [0.4, 0.5) is 0 Å². The van der Waals surface area contributed by atoms with Crippen LogP contribution in [0.2, 0.25) is 0 Å². The fourth-order valence-corrected chi connectivity index (χ4v) is 10.5. The molecular weight excluding hydrogens is 1060 g/mol. The Kier molecular flexibility index (Phi) is 26.0. The van der Waals surface area contributed by atoms with Gasteiger partial charge in [-0.25, -0.2) is 9.59 Å². The van der Waals surface area contributed by atoms with Crippen molar-refractivity contribution in [2.75, 3.05) is 26.4 Å². The number of hydrogen-bond donors (Lipinski definition) is 0. The zero-order valence-corrected chi connectivity index (χ0v) is 49.9. The first kappa shape index (κ1) is 63.4. The van der Waals surface area contributed by atoms with Crippen molar-refractivity contribution < 1.29 is 61.7 Å². The fourth-order valence-electron chi connectivity index (χ4n) is 10.5. The topological polar surface area (TPSA) is 136 Å². The molecule has 6 aromatic carbocycles. The van der Waals surface area contributed by atoms with E-state index in [4.69, 9.17) is 52.1 Å². The Bertz CT molecular complexity index is 2800. The van der Waals surface area contributed by atoms with E-state index in [0.717, 1.165) is 60.8 Å². The zero-order valence-electron chi connectivity index (χ0n) is 49.9. The average Bonchev–Trinajstić information content (AvgIpc) is 3.63. The molecule has 4 unspecified atom stereocenters. The molecule has 13 heteroatoms. The largest absolute Gasteiger partial charge is 0.494 e. The molecule has 2 aliphatic heterocycles. The van der Waals surface area contributed by atoms with E-state index < -0.39 is 55.0 Å². The van der Waals surface area contributed by atoms with Gasteiger partial charge in [-0.1, -0.05) is 207 Å². The Hall–Kier alpha value is -6.58. The molecule has 0 saturated carbocycles.